The van der Waals surface area contributed by atoms with Gasteiger partial charge in [0.05, 0.1) is 40.3 Å². The van der Waals surface area contributed by atoms with Crippen molar-refractivity contribution >= 4 is 17.9 Å². The maximum Gasteiger partial charge on any atom is 0.306 e. The fourth-order valence-electron chi connectivity index (χ4n) is 5.69. The summed E-state index contributed by atoms with van der Waals surface area (Å²) >= 11 is 0. The van der Waals surface area contributed by atoms with E-state index in [2.05, 4.69) is 74.6 Å². The number of hydrogen-bond acceptors (Lipinski definition) is 7. The summed E-state index contributed by atoms with van der Waals surface area (Å²) < 4.78 is 17.1. The van der Waals surface area contributed by atoms with Crippen LogP contribution in [0.2, 0.25) is 0 Å². The van der Waals surface area contributed by atoms with E-state index in [9.17, 15) is 19.5 Å². The van der Waals surface area contributed by atoms with Crippen LogP contribution in [0.3, 0.4) is 0 Å². The molecule has 0 saturated heterocycles. The van der Waals surface area contributed by atoms with Gasteiger partial charge in [-0.1, -0.05) is 145 Å². The van der Waals surface area contributed by atoms with Gasteiger partial charge in [-0.3, -0.25) is 9.59 Å². The molecule has 0 aliphatic carbocycles. The summed E-state index contributed by atoms with van der Waals surface area (Å²) in [6.07, 6.45) is 42.5. The molecule has 0 heterocycles. The van der Waals surface area contributed by atoms with Crippen LogP contribution in [-0.2, 0) is 28.6 Å². The maximum atomic E-state index is 12.7. The highest BCUT2D eigenvalue weighted by molar-refractivity contribution is 5.70. The second-order valence-electron chi connectivity index (χ2n) is 14.8. The van der Waals surface area contributed by atoms with E-state index in [1.54, 1.807) is 21.1 Å². The van der Waals surface area contributed by atoms with Crippen molar-refractivity contribution in [2.45, 2.75) is 167 Å². The van der Waals surface area contributed by atoms with E-state index in [-0.39, 0.29) is 49.1 Å². The third-order valence-electron chi connectivity index (χ3n) is 8.92. The van der Waals surface area contributed by atoms with Crippen LogP contribution >= 0.6 is 0 Å². The molecule has 0 saturated carbocycles. The molecule has 0 aromatic carbocycles. The number of carbonyl (C=O) groups excluding carboxylic acids is 3. The summed E-state index contributed by atoms with van der Waals surface area (Å²) in [6.45, 7) is 4.47. The van der Waals surface area contributed by atoms with Crippen molar-refractivity contribution < 1.29 is 38.2 Å². The van der Waals surface area contributed by atoms with E-state index in [4.69, 9.17) is 14.2 Å². The number of likely N-dealkylation sites (N-methyl/N-ethyl adjacent to an activating group) is 1. The molecule has 0 fully saturated rings. The smallest absolute Gasteiger partial charge is 0.306 e. The monoisotopic (exact) mass is 744 g/mol. The van der Waals surface area contributed by atoms with Gasteiger partial charge >= 0.3 is 11.9 Å². The largest absolute Gasteiger partial charge is 0.544 e. The highest BCUT2D eigenvalue weighted by Gasteiger charge is 2.25. The maximum absolute atomic E-state index is 12.7. The Morgan fingerprint density at radius 3 is 1.55 bits per heavy atom. The number of unbranched alkanes of at least 4 members (excludes halogenated alkanes) is 12. The number of carbonyl (C=O) groups is 3. The zero-order valence-electron chi connectivity index (χ0n) is 34.4. The molecule has 2 unspecified atom stereocenters. The summed E-state index contributed by atoms with van der Waals surface area (Å²) in [5.74, 6) is -1.81. The van der Waals surface area contributed by atoms with Gasteiger partial charge in [0.25, 0.3) is 0 Å². The number of rotatable bonds is 36. The van der Waals surface area contributed by atoms with Crippen molar-refractivity contribution in [1.29, 1.82) is 0 Å². The summed E-state index contributed by atoms with van der Waals surface area (Å²) in [5, 5.41) is 11.6. The second kappa shape index (κ2) is 36.0. The Balaban J connectivity index is 4.47. The predicted octanol–water partition coefficient (Wildman–Crippen LogP) is 9.69. The molecule has 0 bridgehead atoms. The molecule has 0 aliphatic heterocycles. The summed E-state index contributed by atoms with van der Waals surface area (Å²) in [6, 6.07) is -0.734. The first kappa shape index (κ1) is 50.0. The summed E-state index contributed by atoms with van der Waals surface area (Å²) in [4.78, 5) is 36.7. The van der Waals surface area contributed by atoms with E-state index >= 15 is 0 Å². The Bertz CT molecular complexity index is 1050. The van der Waals surface area contributed by atoms with Gasteiger partial charge in [-0.15, -0.1) is 0 Å². The molecule has 53 heavy (non-hydrogen) atoms. The van der Waals surface area contributed by atoms with Crippen molar-refractivity contribution in [2.75, 3.05) is 41.0 Å². The lowest BCUT2D eigenvalue weighted by atomic mass is 10.0. The minimum absolute atomic E-state index is 0.0222. The van der Waals surface area contributed by atoms with Crippen LogP contribution in [0.5, 0.6) is 0 Å². The molecule has 0 N–H and O–H groups in total. The Kier molecular flexibility index (Phi) is 34.0. The van der Waals surface area contributed by atoms with E-state index in [0.29, 0.717) is 12.8 Å². The van der Waals surface area contributed by atoms with E-state index in [1.165, 1.54) is 57.8 Å². The van der Waals surface area contributed by atoms with Crippen LogP contribution in [0.25, 0.3) is 0 Å². The molecular weight excluding hydrogens is 666 g/mol. The molecule has 0 radical (unpaired) electrons. The van der Waals surface area contributed by atoms with Gasteiger partial charge < -0.3 is 28.6 Å². The van der Waals surface area contributed by atoms with Gasteiger partial charge in [-0.25, -0.2) is 0 Å². The molecule has 0 aliphatic rings. The number of ether oxygens (including phenoxy) is 3. The number of esters is 2. The molecule has 0 spiro atoms. The zero-order valence-corrected chi connectivity index (χ0v) is 34.4. The molecule has 0 aromatic rings. The molecular formula is C45H77NO7. The number of hydrogen-bond donors (Lipinski definition) is 0. The number of carboxylic acids is 1. The third kappa shape index (κ3) is 34.5. The lowest BCUT2D eigenvalue weighted by Gasteiger charge is -2.34. The van der Waals surface area contributed by atoms with Crippen LogP contribution in [0.4, 0.5) is 0 Å². The molecule has 8 heteroatoms. The SMILES string of the molecule is CC/C=C/C/C=C/C/C=C/C/C=C/C/C=C/CCCC(=O)OCC(COCCC(C(=O)[O-])[N+](C)(C)C)OC(=O)CCCCCCCCCCCCCC. The average Bonchev–Trinajstić information content (AvgIpc) is 3.11. The molecule has 304 valence electrons. The van der Waals surface area contributed by atoms with Crippen LogP contribution < -0.4 is 5.11 Å². The zero-order chi connectivity index (χ0) is 39.3. The number of nitrogens with zero attached hydrogens (tertiary/aromatic N) is 1. The summed E-state index contributed by atoms with van der Waals surface area (Å²) in [7, 11) is 5.38. The van der Waals surface area contributed by atoms with Gasteiger partial charge in [0.2, 0.25) is 0 Å². The molecule has 0 rings (SSSR count). The number of aliphatic carboxylic acids is 1. The van der Waals surface area contributed by atoms with Gasteiger partial charge in [-0.2, -0.15) is 0 Å². The highest BCUT2D eigenvalue weighted by atomic mass is 16.6. The molecule has 2 atom stereocenters. The Labute approximate surface area is 324 Å². The van der Waals surface area contributed by atoms with Gasteiger partial charge in [-0.05, 0) is 51.4 Å². The summed E-state index contributed by atoms with van der Waals surface area (Å²) in [5.41, 5.74) is 0. The molecule has 0 amide bonds. The number of allylic oxidation sites excluding steroid dienone is 10. The van der Waals surface area contributed by atoms with Crippen molar-refractivity contribution in [3.8, 4) is 0 Å². The highest BCUT2D eigenvalue weighted by Crippen LogP contribution is 2.14. The minimum atomic E-state index is -1.13. The fourth-order valence-corrected chi connectivity index (χ4v) is 5.69. The van der Waals surface area contributed by atoms with Crippen LogP contribution in [0, 0.1) is 0 Å². The topological polar surface area (TPSA) is 102 Å². The standard InChI is InChI=1S/C45H77NO7/c1-6-8-10-12-14-16-18-20-21-22-23-24-26-27-29-31-33-35-43(47)52-40-41(39-51-38-37-42(45(49)50)46(3,4)5)53-44(48)36-34-32-30-28-25-19-17-15-13-11-9-7-2/h8,10,14,16,20-21,23-24,27,29,41-42H,6-7,9,11-13,15,17-19,22,25-26,28,30-40H2,1-5H3/b10-8+,16-14+,21-20+,24-23+,29-27+. The first-order chi connectivity index (χ1) is 25.6. The van der Waals surface area contributed by atoms with Crippen molar-refractivity contribution in [1.82, 2.24) is 0 Å². The van der Waals surface area contributed by atoms with E-state index in [1.807, 2.05) is 0 Å². The first-order valence-corrected chi connectivity index (χ1v) is 20.8. The van der Waals surface area contributed by atoms with Gasteiger partial charge in [0, 0.05) is 19.3 Å². The van der Waals surface area contributed by atoms with Gasteiger partial charge in [0.1, 0.15) is 12.6 Å². The number of carboxylic acid groups (broad SMARTS) is 1. The van der Waals surface area contributed by atoms with Crippen molar-refractivity contribution in [2.24, 2.45) is 0 Å². The Hall–Kier alpha value is -2.97. The predicted molar refractivity (Wildman–Crippen MR) is 217 cm³/mol. The van der Waals surface area contributed by atoms with Crippen LogP contribution in [0.1, 0.15) is 155 Å². The van der Waals surface area contributed by atoms with E-state index in [0.717, 1.165) is 57.8 Å². The Morgan fingerprint density at radius 2 is 1.06 bits per heavy atom. The normalized spacial score (nSPS) is 13.6. The van der Waals surface area contributed by atoms with E-state index < -0.39 is 18.1 Å². The lowest BCUT2D eigenvalue weighted by molar-refractivity contribution is -0.889. The fraction of sp³-hybridized carbons (Fsp3) is 0.711. The van der Waals surface area contributed by atoms with Crippen LogP contribution in [0.15, 0.2) is 60.8 Å². The number of quaternary nitrogens is 1. The second-order valence-corrected chi connectivity index (χ2v) is 14.8. The minimum Gasteiger partial charge on any atom is -0.544 e. The first-order valence-electron chi connectivity index (χ1n) is 20.8. The van der Waals surface area contributed by atoms with Crippen molar-refractivity contribution in [3.63, 3.8) is 0 Å². The average molecular weight is 744 g/mol. The molecule has 0 aromatic heterocycles. The van der Waals surface area contributed by atoms with Crippen LogP contribution in [-0.4, -0.2) is 75.5 Å². The Morgan fingerprint density at radius 1 is 0.585 bits per heavy atom. The van der Waals surface area contributed by atoms with Gasteiger partial charge in [0.15, 0.2) is 6.10 Å². The molecule has 8 nitrogen and oxygen atoms in total. The lowest BCUT2D eigenvalue weighted by Crippen LogP contribution is -2.55. The van der Waals surface area contributed by atoms with Crippen molar-refractivity contribution in [3.05, 3.63) is 60.8 Å². The quantitative estimate of drug-likeness (QED) is 0.0273. The third-order valence-corrected chi connectivity index (χ3v) is 8.92.